The normalized spacial score (nSPS) is 11.9. The summed E-state index contributed by atoms with van der Waals surface area (Å²) in [5.41, 5.74) is -0.203. The van der Waals surface area contributed by atoms with Gasteiger partial charge in [-0.2, -0.15) is 0 Å². The Morgan fingerprint density at radius 3 is 1.07 bits per heavy atom. The van der Waals surface area contributed by atoms with Gasteiger partial charge in [0, 0.05) is 44.3 Å². The highest BCUT2D eigenvalue weighted by atomic mass is 16.5. The largest absolute Gasteiger partial charge is 0.545 e. The zero-order chi connectivity index (χ0) is 49.3. The van der Waals surface area contributed by atoms with E-state index in [1.807, 2.05) is 0 Å². The molecule has 1 aromatic carbocycles. The molecule has 1 rings (SSSR count). The average molecular weight is 942 g/mol. The number of carbonyl (C=O) groups excluding carboxylic acids is 4. The van der Waals surface area contributed by atoms with E-state index in [4.69, 9.17) is 4.74 Å². The first kappa shape index (κ1) is 62.0. The molecule has 0 radical (unpaired) electrons. The summed E-state index contributed by atoms with van der Waals surface area (Å²) in [7, 11) is 8.40. The number of carboxylic acids is 1. The number of amides is 2. The maximum atomic E-state index is 13.5. The van der Waals surface area contributed by atoms with Gasteiger partial charge >= 0.3 is 5.97 Å². The van der Waals surface area contributed by atoms with Crippen molar-refractivity contribution in [2.24, 2.45) is 0 Å². The summed E-state index contributed by atoms with van der Waals surface area (Å²) >= 11 is 0. The van der Waals surface area contributed by atoms with Crippen molar-refractivity contribution in [1.29, 1.82) is 0 Å². The first-order chi connectivity index (χ1) is 32.3. The Hall–Kier alpha value is -2.98. The number of rotatable bonds is 47. The molecular formula is C57H105N4O6+. The first-order valence-electron chi connectivity index (χ1n) is 28.0. The summed E-state index contributed by atoms with van der Waals surface area (Å²) in [5.74, 6) is -1.88. The predicted molar refractivity (Wildman–Crippen MR) is 278 cm³/mol. The molecule has 0 heterocycles. The number of nitrogens with one attached hydrogen (secondary N) is 2. The first-order valence-corrected chi connectivity index (χ1v) is 28.0. The van der Waals surface area contributed by atoms with Crippen LogP contribution in [0.15, 0.2) is 24.3 Å². The Kier molecular flexibility index (Phi) is 37.8. The van der Waals surface area contributed by atoms with Gasteiger partial charge in [-0.25, -0.2) is 4.79 Å². The van der Waals surface area contributed by atoms with Crippen molar-refractivity contribution in [3.8, 4) is 0 Å². The Bertz CT molecular complexity index is 1330. The Morgan fingerprint density at radius 2 is 0.761 bits per heavy atom. The predicted octanol–water partition coefficient (Wildman–Crippen LogP) is 12.3. The molecule has 0 spiro atoms. The van der Waals surface area contributed by atoms with Crippen molar-refractivity contribution in [1.82, 2.24) is 10.6 Å². The van der Waals surface area contributed by atoms with Gasteiger partial charge in [0.1, 0.15) is 13.1 Å². The molecule has 0 aliphatic carbocycles. The molecule has 0 aromatic heterocycles. The molecule has 0 bridgehead atoms. The lowest BCUT2D eigenvalue weighted by Crippen LogP contribution is -2.54. The number of hydrogen-bond acceptors (Lipinski definition) is 6. The fraction of sp³-hybridized carbons (Fsp3) is 0.825. The molecule has 0 unspecified atom stereocenters. The minimum absolute atomic E-state index is 0.0169. The van der Waals surface area contributed by atoms with Crippen LogP contribution in [0.5, 0.6) is 0 Å². The lowest BCUT2D eigenvalue weighted by atomic mass is 10.0. The monoisotopic (exact) mass is 942 g/mol. The highest BCUT2D eigenvalue weighted by Crippen LogP contribution is 2.18. The minimum Gasteiger partial charge on any atom is -0.545 e. The van der Waals surface area contributed by atoms with Crippen LogP contribution in [0, 0.1) is 0 Å². The third-order valence-corrected chi connectivity index (χ3v) is 13.6. The van der Waals surface area contributed by atoms with E-state index in [2.05, 4.69) is 52.7 Å². The second-order valence-corrected chi connectivity index (χ2v) is 21.4. The Morgan fingerprint density at radius 1 is 0.463 bits per heavy atom. The van der Waals surface area contributed by atoms with Crippen molar-refractivity contribution in [2.75, 3.05) is 67.5 Å². The van der Waals surface area contributed by atoms with E-state index < -0.39 is 18.0 Å². The number of ether oxygens (including phenoxy) is 1. The number of esters is 1. The molecule has 10 heteroatoms. The van der Waals surface area contributed by atoms with E-state index in [0.717, 1.165) is 51.6 Å². The summed E-state index contributed by atoms with van der Waals surface area (Å²) in [6.07, 6.45) is 41.3. The lowest BCUT2D eigenvalue weighted by molar-refractivity contribution is -0.914. The van der Waals surface area contributed by atoms with Crippen LogP contribution in [-0.2, 0) is 14.3 Å². The SMILES string of the molecule is CCCCCCCCCCCCCCCCCC(=O)NCCC[N+](C)(C)CC(C[N+](C)(C)CCCNC(=O)CCCCCCCCCCCCCCCCC)OC(=O)c1ccccc1C(=O)[O-]. The zero-order valence-corrected chi connectivity index (χ0v) is 44.5. The molecule has 388 valence electrons. The van der Waals surface area contributed by atoms with E-state index in [1.165, 1.54) is 179 Å². The lowest BCUT2D eigenvalue weighted by Gasteiger charge is -2.37. The van der Waals surface area contributed by atoms with Gasteiger partial charge in [-0.1, -0.05) is 212 Å². The minimum atomic E-state index is -1.42. The third-order valence-electron chi connectivity index (χ3n) is 13.6. The molecule has 67 heavy (non-hydrogen) atoms. The van der Waals surface area contributed by atoms with E-state index in [1.54, 1.807) is 12.1 Å². The van der Waals surface area contributed by atoms with Crippen LogP contribution in [-0.4, -0.2) is 106 Å². The molecule has 0 fully saturated rings. The Labute approximate surface area is 412 Å². The van der Waals surface area contributed by atoms with Crippen LogP contribution in [0.4, 0.5) is 0 Å². The molecule has 10 nitrogen and oxygen atoms in total. The van der Waals surface area contributed by atoms with Crippen LogP contribution in [0.25, 0.3) is 0 Å². The van der Waals surface area contributed by atoms with E-state index >= 15 is 0 Å². The summed E-state index contributed by atoms with van der Waals surface area (Å²) in [4.78, 5) is 50.6. The summed E-state index contributed by atoms with van der Waals surface area (Å²) in [6.45, 7) is 8.30. The maximum Gasteiger partial charge on any atom is 0.339 e. The standard InChI is InChI=1S/C57H104N4O6/c1-7-9-11-13-15-17-19-21-23-25-27-29-31-33-35-43-54(62)58-45-39-47-60(3,4)49-51(67-57(66)53-42-38-37-41-52(53)56(64)65)50-61(5,6)48-40-46-59-55(63)44-36-34-32-30-28-26-24-22-20-18-16-14-12-10-8-2/h37-38,41-42,51H,7-36,39-40,43-50H2,1-6H3,(H-2,58,59,62,63,64,65)/p+1. The van der Waals surface area contributed by atoms with Crippen molar-refractivity contribution in [2.45, 2.75) is 238 Å². The van der Waals surface area contributed by atoms with Gasteiger partial charge in [0.05, 0.1) is 52.8 Å². The van der Waals surface area contributed by atoms with Crippen LogP contribution >= 0.6 is 0 Å². The third kappa shape index (κ3) is 36.6. The van der Waals surface area contributed by atoms with Gasteiger partial charge in [-0.3, -0.25) is 9.59 Å². The second-order valence-electron chi connectivity index (χ2n) is 21.4. The van der Waals surface area contributed by atoms with Crippen LogP contribution in [0.3, 0.4) is 0 Å². The summed E-state index contributed by atoms with van der Waals surface area (Å²) < 4.78 is 7.25. The number of likely N-dealkylation sites (N-methyl/N-ethyl adjacent to an activating group) is 2. The number of carbonyl (C=O) groups is 4. The topological polar surface area (TPSA) is 125 Å². The van der Waals surface area contributed by atoms with Crippen LogP contribution < -0.4 is 15.7 Å². The number of quaternary nitrogens is 2. The quantitative estimate of drug-likeness (QED) is 0.0381. The zero-order valence-electron chi connectivity index (χ0n) is 44.5. The molecule has 0 saturated carbocycles. The smallest absolute Gasteiger partial charge is 0.339 e. The van der Waals surface area contributed by atoms with Crippen molar-refractivity contribution in [3.63, 3.8) is 0 Å². The van der Waals surface area contributed by atoms with Gasteiger partial charge in [0.2, 0.25) is 11.8 Å². The van der Waals surface area contributed by atoms with Gasteiger partial charge in [0.25, 0.3) is 0 Å². The van der Waals surface area contributed by atoms with E-state index in [0.29, 0.717) is 48.0 Å². The van der Waals surface area contributed by atoms with Crippen molar-refractivity contribution < 1.29 is 38.0 Å². The highest BCUT2D eigenvalue weighted by molar-refractivity contribution is 6.01. The van der Waals surface area contributed by atoms with Crippen LogP contribution in [0.1, 0.15) is 253 Å². The molecule has 0 aliphatic heterocycles. The molecule has 1 aromatic rings. The summed E-state index contributed by atoms with van der Waals surface area (Å²) in [6, 6.07) is 6.02. The fourth-order valence-corrected chi connectivity index (χ4v) is 9.43. The number of unbranched alkanes of at least 4 members (excludes halogenated alkanes) is 28. The number of benzene rings is 1. The maximum absolute atomic E-state index is 13.5. The fourth-order valence-electron chi connectivity index (χ4n) is 9.43. The van der Waals surface area contributed by atoms with Gasteiger partial charge in [-0.05, 0) is 18.9 Å². The number of nitrogens with zero attached hydrogens (tertiary/aromatic N) is 2. The van der Waals surface area contributed by atoms with Gasteiger partial charge in [0.15, 0.2) is 6.10 Å². The van der Waals surface area contributed by atoms with Gasteiger partial charge in [-0.15, -0.1) is 0 Å². The van der Waals surface area contributed by atoms with Crippen molar-refractivity contribution >= 4 is 23.8 Å². The Balaban J connectivity index is 2.42. The van der Waals surface area contributed by atoms with E-state index in [-0.39, 0.29) is 22.9 Å². The van der Waals surface area contributed by atoms with Gasteiger partial charge < -0.3 is 34.2 Å². The van der Waals surface area contributed by atoms with Crippen LogP contribution in [0.2, 0.25) is 0 Å². The molecule has 2 amide bonds. The number of aromatic carboxylic acids is 1. The second kappa shape index (κ2) is 40.9. The average Bonchev–Trinajstić information content (AvgIpc) is 3.28. The molecule has 0 saturated heterocycles. The number of carboxylic acid groups (broad SMARTS) is 1. The molecular weight excluding hydrogens is 837 g/mol. The molecule has 0 aliphatic rings. The summed E-state index contributed by atoms with van der Waals surface area (Å²) in [5, 5.41) is 18.1. The number of hydrogen-bond donors (Lipinski definition) is 2. The van der Waals surface area contributed by atoms with E-state index in [9.17, 15) is 24.3 Å². The van der Waals surface area contributed by atoms with Crippen molar-refractivity contribution in [3.05, 3.63) is 35.4 Å². The highest BCUT2D eigenvalue weighted by Gasteiger charge is 2.32. The molecule has 0 atom stereocenters. The molecule has 2 N–H and O–H groups in total.